The fraction of sp³-hybridized carbons (Fsp3) is 0.455. The maximum absolute atomic E-state index is 15.4. The highest BCUT2D eigenvalue weighted by Gasteiger charge is 2.41. The number of nitrogens with one attached hydrogen (secondary N) is 1. The van der Waals surface area contributed by atoms with Gasteiger partial charge in [-0.05, 0) is 86.4 Å². The second kappa shape index (κ2) is 11.1. The number of benzene rings is 2. The van der Waals surface area contributed by atoms with E-state index in [1.807, 2.05) is 24.3 Å². The second-order valence-corrected chi connectivity index (χ2v) is 13.0. The van der Waals surface area contributed by atoms with E-state index in [4.69, 9.17) is 5.73 Å². The third kappa shape index (κ3) is 5.07. The Morgan fingerprint density at radius 1 is 0.909 bits per heavy atom. The molecule has 3 saturated heterocycles. The molecule has 2 aromatic carbocycles. The van der Waals surface area contributed by atoms with E-state index in [0.29, 0.717) is 23.2 Å². The maximum Gasteiger partial charge on any atom is 0.248 e. The minimum atomic E-state index is -0.253. The number of piperidine rings is 1. The number of anilines is 4. The topological polar surface area (TPSA) is 104 Å². The first-order valence-corrected chi connectivity index (χ1v) is 15.9. The van der Waals surface area contributed by atoms with Crippen molar-refractivity contribution in [3.8, 4) is 17.1 Å². The quantitative estimate of drug-likeness (QED) is 0.353. The zero-order valence-electron chi connectivity index (χ0n) is 25.2. The van der Waals surface area contributed by atoms with Crippen LogP contribution in [0.2, 0.25) is 0 Å². The molecular formula is C33H39FN10. The number of hydrogen-bond donors (Lipinski definition) is 2. The number of nitrogens with zero attached hydrogens (tertiary/aromatic N) is 8. The van der Waals surface area contributed by atoms with Gasteiger partial charge in [0.25, 0.3) is 0 Å². The molecule has 0 saturated carbocycles. The standard InChI is InChI=1S/C33H39FN10/c1-41-17-23-19-43(20-24(23)18-41)26-11-13-42(14-12-26)29-10-9-25(16-28(29)34)36-33-37-32(35)44(40-33)30-15-22-7-4-6-21-5-2-3-8-27(21)31(22)39-38-30/h2-3,5,8-10,15-16,23-24,26H,4,6-7,11-14,17-20H2,1H3,(H3,35,36,37,40). The summed E-state index contributed by atoms with van der Waals surface area (Å²) in [4.78, 5) is 11.7. The number of likely N-dealkylation sites (tertiary alicyclic amines) is 2. The van der Waals surface area contributed by atoms with E-state index >= 15 is 4.39 Å². The van der Waals surface area contributed by atoms with Crippen LogP contribution in [0.4, 0.5) is 27.7 Å². The van der Waals surface area contributed by atoms with Gasteiger partial charge in [-0.2, -0.15) is 9.67 Å². The number of hydrogen-bond acceptors (Lipinski definition) is 9. The highest BCUT2D eigenvalue weighted by Crippen LogP contribution is 2.35. The van der Waals surface area contributed by atoms with Crippen LogP contribution in [0.1, 0.15) is 30.4 Å². The average molecular weight is 595 g/mol. The Bertz CT molecular complexity index is 1670. The lowest BCUT2D eigenvalue weighted by atomic mass is 10.0. The molecule has 2 atom stereocenters. The first-order chi connectivity index (χ1) is 21.5. The molecular weight excluding hydrogens is 555 g/mol. The van der Waals surface area contributed by atoms with Crippen LogP contribution in [0.15, 0.2) is 48.5 Å². The first-order valence-electron chi connectivity index (χ1n) is 15.9. The van der Waals surface area contributed by atoms with Crippen molar-refractivity contribution >= 4 is 23.3 Å². The number of nitrogens with two attached hydrogens (primary N) is 1. The van der Waals surface area contributed by atoms with Gasteiger partial charge in [-0.15, -0.1) is 15.3 Å². The highest BCUT2D eigenvalue weighted by atomic mass is 19.1. The minimum Gasteiger partial charge on any atom is -0.369 e. The summed E-state index contributed by atoms with van der Waals surface area (Å²) >= 11 is 0. The van der Waals surface area contributed by atoms with Gasteiger partial charge in [0.05, 0.1) is 11.4 Å². The van der Waals surface area contributed by atoms with Crippen molar-refractivity contribution in [1.82, 2.24) is 34.8 Å². The molecule has 44 heavy (non-hydrogen) atoms. The number of aryl methyl sites for hydroxylation is 2. The summed E-state index contributed by atoms with van der Waals surface area (Å²) in [6.45, 7) is 6.63. The van der Waals surface area contributed by atoms with Crippen LogP contribution in [-0.2, 0) is 12.8 Å². The summed E-state index contributed by atoms with van der Waals surface area (Å²) < 4.78 is 16.9. The van der Waals surface area contributed by atoms with Gasteiger partial charge >= 0.3 is 0 Å². The second-order valence-electron chi connectivity index (χ2n) is 13.0. The van der Waals surface area contributed by atoms with Crippen molar-refractivity contribution in [2.45, 2.75) is 38.1 Å². The largest absolute Gasteiger partial charge is 0.369 e. The number of aromatic nitrogens is 5. The Morgan fingerprint density at radius 3 is 2.48 bits per heavy atom. The molecule has 0 spiro atoms. The van der Waals surface area contributed by atoms with Gasteiger partial charge in [0.15, 0.2) is 5.82 Å². The van der Waals surface area contributed by atoms with Crippen LogP contribution in [0.3, 0.4) is 0 Å². The Labute approximate surface area is 257 Å². The summed E-state index contributed by atoms with van der Waals surface area (Å²) in [5, 5.41) is 16.7. The normalized spacial score (nSPS) is 22.5. The molecule has 3 aliphatic heterocycles. The fourth-order valence-corrected chi connectivity index (χ4v) is 7.93. The van der Waals surface area contributed by atoms with Crippen LogP contribution < -0.4 is 16.0 Å². The molecule has 4 aliphatic rings. The minimum absolute atomic E-state index is 0.185. The van der Waals surface area contributed by atoms with E-state index < -0.39 is 0 Å². The third-order valence-corrected chi connectivity index (χ3v) is 10.1. The molecule has 11 heteroatoms. The molecule has 228 valence electrons. The monoisotopic (exact) mass is 594 g/mol. The van der Waals surface area contributed by atoms with Gasteiger partial charge in [0, 0.05) is 56.6 Å². The predicted octanol–water partition coefficient (Wildman–Crippen LogP) is 4.14. The highest BCUT2D eigenvalue weighted by molar-refractivity contribution is 5.68. The average Bonchev–Trinajstić information content (AvgIpc) is 3.65. The predicted molar refractivity (Wildman–Crippen MR) is 170 cm³/mol. The fourth-order valence-electron chi connectivity index (χ4n) is 7.93. The van der Waals surface area contributed by atoms with E-state index in [2.05, 4.69) is 65.5 Å². The third-order valence-electron chi connectivity index (χ3n) is 10.1. The van der Waals surface area contributed by atoms with Crippen molar-refractivity contribution < 1.29 is 4.39 Å². The molecule has 10 nitrogen and oxygen atoms in total. The Hall–Kier alpha value is -4.09. The van der Waals surface area contributed by atoms with Gasteiger partial charge in [-0.3, -0.25) is 4.90 Å². The SMILES string of the molecule is CN1CC2CN(C3CCN(c4ccc(Nc5nc(N)n(-c6cc7c(nn6)-c6ccccc6CCC7)n5)cc4F)CC3)CC2C1. The van der Waals surface area contributed by atoms with Crippen molar-refractivity contribution in [3.05, 3.63) is 65.5 Å². The molecule has 4 aromatic rings. The lowest BCUT2D eigenvalue weighted by molar-refractivity contribution is 0.183. The van der Waals surface area contributed by atoms with E-state index in [-0.39, 0.29) is 17.7 Å². The molecule has 8 rings (SSSR count). The smallest absolute Gasteiger partial charge is 0.248 e. The summed E-state index contributed by atoms with van der Waals surface area (Å²) in [7, 11) is 2.24. The summed E-state index contributed by atoms with van der Waals surface area (Å²) in [5.74, 6) is 2.36. The van der Waals surface area contributed by atoms with E-state index in [0.717, 1.165) is 73.9 Å². The molecule has 2 unspecified atom stereocenters. The molecule has 1 aliphatic carbocycles. The van der Waals surface area contributed by atoms with E-state index in [9.17, 15) is 0 Å². The van der Waals surface area contributed by atoms with E-state index in [1.54, 1.807) is 0 Å². The van der Waals surface area contributed by atoms with Gasteiger partial charge in [-0.1, -0.05) is 24.3 Å². The number of fused-ring (bicyclic) bond motifs is 4. The summed E-state index contributed by atoms with van der Waals surface area (Å²) in [5.41, 5.74) is 11.9. The Morgan fingerprint density at radius 2 is 1.68 bits per heavy atom. The molecule has 0 amide bonds. The zero-order valence-corrected chi connectivity index (χ0v) is 25.2. The van der Waals surface area contributed by atoms with Crippen molar-refractivity contribution in [2.24, 2.45) is 11.8 Å². The van der Waals surface area contributed by atoms with Gasteiger partial charge in [0.2, 0.25) is 11.9 Å². The van der Waals surface area contributed by atoms with Crippen LogP contribution in [0.25, 0.3) is 17.1 Å². The number of halogens is 1. The van der Waals surface area contributed by atoms with Crippen LogP contribution in [0.5, 0.6) is 0 Å². The first kappa shape index (κ1) is 27.5. The number of nitrogen functional groups attached to an aromatic ring is 1. The maximum atomic E-state index is 15.4. The van der Waals surface area contributed by atoms with Crippen LogP contribution >= 0.6 is 0 Å². The lowest BCUT2D eigenvalue weighted by Gasteiger charge is -2.38. The molecule has 2 aromatic heterocycles. The zero-order chi connectivity index (χ0) is 29.8. The molecule has 5 heterocycles. The number of rotatable bonds is 5. The van der Waals surface area contributed by atoms with Crippen LogP contribution in [0, 0.1) is 17.7 Å². The van der Waals surface area contributed by atoms with Gasteiger partial charge in [0.1, 0.15) is 5.82 Å². The summed E-state index contributed by atoms with van der Waals surface area (Å²) in [6.07, 6.45) is 5.09. The van der Waals surface area contributed by atoms with Crippen molar-refractivity contribution in [3.63, 3.8) is 0 Å². The van der Waals surface area contributed by atoms with E-state index in [1.165, 1.54) is 42.5 Å². The van der Waals surface area contributed by atoms with Gasteiger partial charge < -0.3 is 20.9 Å². The molecule has 0 bridgehead atoms. The summed E-state index contributed by atoms with van der Waals surface area (Å²) in [6, 6.07) is 16.2. The van der Waals surface area contributed by atoms with Crippen LogP contribution in [-0.4, -0.2) is 87.1 Å². The lowest BCUT2D eigenvalue weighted by Crippen LogP contribution is -2.45. The Balaban J connectivity index is 0.928. The molecule has 3 N–H and O–H groups in total. The van der Waals surface area contributed by atoms with Crippen molar-refractivity contribution in [1.29, 1.82) is 0 Å². The Kier molecular flexibility index (Phi) is 6.94. The van der Waals surface area contributed by atoms with Crippen molar-refractivity contribution in [2.75, 3.05) is 62.3 Å². The van der Waals surface area contributed by atoms with Gasteiger partial charge in [-0.25, -0.2) is 4.39 Å². The molecule has 0 radical (unpaired) electrons. The molecule has 3 fully saturated rings.